The molecule has 1 aromatic carbocycles. The fourth-order valence-electron chi connectivity index (χ4n) is 2.81. The van der Waals surface area contributed by atoms with E-state index >= 15 is 0 Å². The molecule has 0 aliphatic carbocycles. The zero-order valence-corrected chi connectivity index (χ0v) is 13.0. The first-order valence-electron chi connectivity index (χ1n) is 7.60. The highest BCUT2D eigenvalue weighted by Crippen LogP contribution is 2.33. The van der Waals surface area contributed by atoms with Crippen molar-refractivity contribution >= 4 is 11.8 Å². The van der Waals surface area contributed by atoms with Gasteiger partial charge in [-0.25, -0.2) is 10.0 Å². The Kier molecular flexibility index (Phi) is 3.37. The summed E-state index contributed by atoms with van der Waals surface area (Å²) in [6.07, 6.45) is 0.707. The van der Waals surface area contributed by atoms with E-state index in [9.17, 15) is 9.59 Å². The van der Waals surface area contributed by atoms with Crippen molar-refractivity contribution in [1.29, 1.82) is 0 Å². The Balaban J connectivity index is 1.58. The molecular formula is C16H15N3O5. The second kappa shape index (κ2) is 5.55. The lowest BCUT2D eigenvalue weighted by Gasteiger charge is -2.27. The van der Waals surface area contributed by atoms with Crippen molar-refractivity contribution < 1.29 is 23.6 Å². The third-order valence-electron chi connectivity index (χ3n) is 3.97. The number of carbonyl (C=O) groups excluding carboxylic acids is 2. The zero-order valence-electron chi connectivity index (χ0n) is 13.0. The average Bonchev–Trinajstić information content (AvgIpc) is 3.32. The van der Waals surface area contributed by atoms with Crippen molar-refractivity contribution in [3.05, 3.63) is 41.3 Å². The van der Waals surface area contributed by atoms with Crippen LogP contribution in [0.4, 0.5) is 0 Å². The normalized spacial score (nSPS) is 15.9. The lowest BCUT2D eigenvalue weighted by Crippen LogP contribution is -2.45. The molecule has 24 heavy (non-hydrogen) atoms. The minimum absolute atomic E-state index is 0.146. The van der Waals surface area contributed by atoms with Crippen LogP contribution in [-0.4, -0.2) is 46.9 Å². The van der Waals surface area contributed by atoms with Gasteiger partial charge in [-0.2, -0.15) is 0 Å². The van der Waals surface area contributed by atoms with Crippen molar-refractivity contribution in [2.75, 3.05) is 19.9 Å². The van der Waals surface area contributed by atoms with Gasteiger partial charge in [0.25, 0.3) is 11.8 Å². The molecule has 0 atom stereocenters. The Bertz CT molecular complexity index is 816. The summed E-state index contributed by atoms with van der Waals surface area (Å²) in [6.45, 7) is 2.78. The number of fused-ring (bicyclic) bond motifs is 1. The minimum atomic E-state index is -0.349. The van der Waals surface area contributed by atoms with Crippen LogP contribution < -0.4 is 9.47 Å². The van der Waals surface area contributed by atoms with Gasteiger partial charge >= 0.3 is 0 Å². The molecule has 0 N–H and O–H groups in total. The van der Waals surface area contributed by atoms with Crippen LogP contribution in [-0.2, 0) is 0 Å². The van der Waals surface area contributed by atoms with Gasteiger partial charge < -0.3 is 14.0 Å². The third kappa shape index (κ3) is 2.36. The highest BCUT2D eigenvalue weighted by atomic mass is 16.7. The second-order valence-electron chi connectivity index (χ2n) is 5.60. The van der Waals surface area contributed by atoms with Crippen molar-refractivity contribution in [3.8, 4) is 11.5 Å². The topological polar surface area (TPSA) is 85.1 Å². The van der Waals surface area contributed by atoms with E-state index in [0.717, 1.165) is 0 Å². The molecule has 3 heterocycles. The predicted molar refractivity (Wildman–Crippen MR) is 80.5 cm³/mol. The standard InChI is InChI=1S/C16H15N3O5/c1-10-7-12(17-24-10)16(21)19-6-2-5-18(19)15(20)11-3-4-13-14(8-11)23-9-22-13/h3-4,7-8H,2,5-6,9H2,1H3. The smallest absolute Gasteiger partial charge is 0.294 e. The number of nitrogens with zero attached hydrogens (tertiary/aromatic N) is 3. The molecule has 8 heteroatoms. The molecule has 2 aliphatic heterocycles. The number of amides is 2. The molecule has 1 aromatic heterocycles. The molecule has 4 rings (SSSR count). The molecule has 0 unspecified atom stereocenters. The van der Waals surface area contributed by atoms with Gasteiger partial charge in [0, 0.05) is 24.7 Å². The van der Waals surface area contributed by atoms with Crippen LogP contribution in [0.5, 0.6) is 11.5 Å². The summed E-state index contributed by atoms with van der Waals surface area (Å²) >= 11 is 0. The molecule has 0 bridgehead atoms. The summed E-state index contributed by atoms with van der Waals surface area (Å²) in [5, 5.41) is 6.57. The average molecular weight is 329 g/mol. The van der Waals surface area contributed by atoms with E-state index in [0.29, 0.717) is 42.3 Å². The number of carbonyl (C=O) groups is 2. The highest BCUT2D eigenvalue weighted by molar-refractivity contribution is 5.99. The Morgan fingerprint density at radius 2 is 1.79 bits per heavy atom. The van der Waals surface area contributed by atoms with E-state index in [-0.39, 0.29) is 24.3 Å². The maximum Gasteiger partial charge on any atom is 0.294 e. The summed E-state index contributed by atoms with van der Waals surface area (Å²) in [4.78, 5) is 25.3. The van der Waals surface area contributed by atoms with Gasteiger partial charge in [0.05, 0.1) is 0 Å². The van der Waals surface area contributed by atoms with Crippen LogP contribution in [0.3, 0.4) is 0 Å². The largest absolute Gasteiger partial charge is 0.454 e. The quantitative estimate of drug-likeness (QED) is 0.832. The molecule has 1 fully saturated rings. The number of ether oxygens (including phenoxy) is 2. The van der Waals surface area contributed by atoms with Gasteiger partial charge in [-0.1, -0.05) is 5.16 Å². The maximum absolute atomic E-state index is 12.8. The molecule has 2 aliphatic rings. The van der Waals surface area contributed by atoms with Crippen molar-refractivity contribution in [2.45, 2.75) is 13.3 Å². The molecule has 2 aromatic rings. The number of aryl methyl sites for hydroxylation is 1. The van der Waals surface area contributed by atoms with Gasteiger partial charge in [0.1, 0.15) is 5.76 Å². The predicted octanol–water partition coefficient (Wildman–Crippen LogP) is 1.62. The van der Waals surface area contributed by atoms with Crippen LogP contribution in [0.25, 0.3) is 0 Å². The number of benzene rings is 1. The van der Waals surface area contributed by atoms with Gasteiger partial charge in [0.15, 0.2) is 17.2 Å². The van der Waals surface area contributed by atoms with Crippen LogP contribution >= 0.6 is 0 Å². The lowest BCUT2D eigenvalue weighted by atomic mass is 10.2. The Labute approximate surface area is 137 Å². The first-order valence-corrected chi connectivity index (χ1v) is 7.60. The number of hydrogen-bond donors (Lipinski definition) is 0. The Hall–Kier alpha value is -3.03. The minimum Gasteiger partial charge on any atom is -0.454 e. The molecular weight excluding hydrogens is 314 g/mol. The molecule has 0 spiro atoms. The first-order chi connectivity index (χ1) is 11.6. The summed E-state index contributed by atoms with van der Waals surface area (Å²) in [5.74, 6) is 1.08. The molecule has 0 radical (unpaired) electrons. The molecule has 1 saturated heterocycles. The number of rotatable bonds is 2. The van der Waals surface area contributed by atoms with Crippen molar-refractivity contribution in [3.63, 3.8) is 0 Å². The monoisotopic (exact) mass is 329 g/mol. The summed E-state index contributed by atoms with van der Waals surface area (Å²) in [7, 11) is 0. The van der Waals surface area contributed by atoms with Crippen molar-refractivity contribution in [1.82, 2.24) is 15.2 Å². The van der Waals surface area contributed by atoms with E-state index < -0.39 is 0 Å². The Morgan fingerprint density at radius 3 is 2.54 bits per heavy atom. The number of hydrazine groups is 1. The summed E-state index contributed by atoms with van der Waals surface area (Å²) in [6, 6.07) is 6.55. The van der Waals surface area contributed by atoms with E-state index in [1.807, 2.05) is 0 Å². The van der Waals surface area contributed by atoms with Crippen molar-refractivity contribution in [2.24, 2.45) is 0 Å². The number of hydrogen-bond acceptors (Lipinski definition) is 6. The van der Waals surface area contributed by atoms with Gasteiger partial charge in [-0.15, -0.1) is 0 Å². The summed E-state index contributed by atoms with van der Waals surface area (Å²) in [5.41, 5.74) is 0.633. The first kappa shape index (κ1) is 14.6. The van der Waals surface area contributed by atoms with Gasteiger partial charge in [-0.3, -0.25) is 9.59 Å². The van der Waals surface area contributed by atoms with Crippen LogP contribution in [0.1, 0.15) is 33.0 Å². The van der Waals surface area contributed by atoms with E-state index in [4.69, 9.17) is 14.0 Å². The van der Waals surface area contributed by atoms with Crippen LogP contribution in [0, 0.1) is 6.92 Å². The van der Waals surface area contributed by atoms with E-state index in [2.05, 4.69) is 5.16 Å². The fraction of sp³-hybridized carbons (Fsp3) is 0.312. The Morgan fingerprint density at radius 1 is 1.04 bits per heavy atom. The lowest BCUT2D eigenvalue weighted by molar-refractivity contribution is 0.0179. The second-order valence-corrected chi connectivity index (χ2v) is 5.60. The highest BCUT2D eigenvalue weighted by Gasteiger charge is 2.33. The summed E-state index contributed by atoms with van der Waals surface area (Å²) < 4.78 is 15.5. The zero-order chi connectivity index (χ0) is 16.7. The fourth-order valence-corrected chi connectivity index (χ4v) is 2.81. The van der Waals surface area contributed by atoms with Gasteiger partial charge in [-0.05, 0) is 31.5 Å². The van der Waals surface area contributed by atoms with Crippen LogP contribution in [0.15, 0.2) is 28.8 Å². The third-order valence-corrected chi connectivity index (χ3v) is 3.97. The molecule has 0 saturated carbocycles. The van der Waals surface area contributed by atoms with Gasteiger partial charge in [0.2, 0.25) is 6.79 Å². The van der Waals surface area contributed by atoms with Crippen LogP contribution in [0.2, 0.25) is 0 Å². The number of aromatic nitrogens is 1. The van der Waals surface area contributed by atoms with E-state index in [1.165, 1.54) is 10.0 Å². The van der Waals surface area contributed by atoms with E-state index in [1.54, 1.807) is 31.2 Å². The molecule has 2 amide bonds. The molecule has 124 valence electrons. The SMILES string of the molecule is Cc1cc(C(=O)N2CCCN2C(=O)c2ccc3c(c2)OCO3)no1. The maximum atomic E-state index is 12.8. The molecule has 8 nitrogen and oxygen atoms in total.